The lowest BCUT2D eigenvalue weighted by atomic mass is 10.1. The van der Waals surface area contributed by atoms with Crippen molar-refractivity contribution < 1.29 is 4.79 Å². The number of thiazole rings is 1. The number of rotatable bonds is 3. The number of amides is 1. The zero-order chi connectivity index (χ0) is 13.3. The van der Waals surface area contributed by atoms with Crippen LogP contribution in [0.2, 0.25) is 0 Å². The predicted molar refractivity (Wildman–Crippen MR) is 73.7 cm³/mol. The number of carbonyl (C=O) groups is 1. The summed E-state index contributed by atoms with van der Waals surface area (Å²) in [6, 6.07) is 0.115. The zero-order valence-corrected chi connectivity index (χ0v) is 12.3. The summed E-state index contributed by atoms with van der Waals surface area (Å²) in [6.45, 7) is 7.88. The molecule has 0 unspecified atom stereocenters. The number of aryl methyl sites for hydroxylation is 2. The molecule has 1 saturated heterocycles. The van der Waals surface area contributed by atoms with Crippen molar-refractivity contribution in [2.45, 2.75) is 33.2 Å². The Morgan fingerprint density at radius 3 is 2.78 bits per heavy atom. The van der Waals surface area contributed by atoms with Crippen LogP contribution in [-0.2, 0) is 4.79 Å². The van der Waals surface area contributed by atoms with Crippen LogP contribution >= 0.6 is 11.3 Å². The maximum Gasteiger partial charge on any atom is 0.227 e. The number of nitrogens with one attached hydrogen (secondary N) is 1. The molecule has 0 aromatic carbocycles. The molecule has 0 saturated carbocycles. The highest BCUT2D eigenvalue weighted by atomic mass is 32.1. The molecule has 1 aromatic heterocycles. The van der Waals surface area contributed by atoms with Gasteiger partial charge in [-0.05, 0) is 33.7 Å². The van der Waals surface area contributed by atoms with Crippen LogP contribution in [0.1, 0.15) is 35.0 Å². The van der Waals surface area contributed by atoms with Crippen LogP contribution in [0.3, 0.4) is 0 Å². The van der Waals surface area contributed by atoms with E-state index in [1.807, 2.05) is 25.8 Å². The van der Waals surface area contributed by atoms with Gasteiger partial charge >= 0.3 is 0 Å². The average Bonchev–Trinajstić information content (AvgIpc) is 2.96. The van der Waals surface area contributed by atoms with Gasteiger partial charge in [-0.3, -0.25) is 4.79 Å². The lowest BCUT2D eigenvalue weighted by molar-refractivity contribution is -0.135. The standard InChI is InChI=1S/C13H21N3OS/c1-8-12(18-10(3)15-8)9(2)16(4)13(17)11-5-6-14-7-11/h9,11,14H,5-7H2,1-4H3/t9-,11+/m0/s1. The van der Waals surface area contributed by atoms with Crippen LogP contribution in [0.4, 0.5) is 0 Å². The number of hydrogen-bond acceptors (Lipinski definition) is 4. The van der Waals surface area contributed by atoms with Gasteiger partial charge in [-0.25, -0.2) is 4.98 Å². The molecular formula is C13H21N3OS. The Morgan fingerprint density at radius 2 is 2.28 bits per heavy atom. The molecule has 18 heavy (non-hydrogen) atoms. The van der Waals surface area contributed by atoms with Gasteiger partial charge in [-0.2, -0.15) is 0 Å². The third-order valence-electron chi connectivity index (χ3n) is 3.66. The van der Waals surface area contributed by atoms with E-state index in [4.69, 9.17) is 0 Å². The maximum absolute atomic E-state index is 12.3. The Morgan fingerprint density at radius 1 is 1.56 bits per heavy atom. The van der Waals surface area contributed by atoms with Crippen LogP contribution in [0.15, 0.2) is 0 Å². The fraction of sp³-hybridized carbons (Fsp3) is 0.692. The van der Waals surface area contributed by atoms with Gasteiger partial charge in [0.25, 0.3) is 0 Å². The van der Waals surface area contributed by atoms with E-state index in [-0.39, 0.29) is 17.9 Å². The SMILES string of the molecule is Cc1nc(C)c([C@H](C)N(C)C(=O)[C@@H]2CCNC2)s1. The molecule has 4 nitrogen and oxygen atoms in total. The van der Waals surface area contributed by atoms with E-state index in [1.54, 1.807) is 11.3 Å². The normalized spacial score (nSPS) is 21.0. The minimum Gasteiger partial charge on any atom is -0.338 e. The van der Waals surface area contributed by atoms with Crippen LogP contribution in [0.5, 0.6) is 0 Å². The van der Waals surface area contributed by atoms with Crippen molar-refractivity contribution in [3.05, 3.63) is 15.6 Å². The van der Waals surface area contributed by atoms with E-state index in [0.717, 1.165) is 30.2 Å². The van der Waals surface area contributed by atoms with Gasteiger partial charge in [0.15, 0.2) is 0 Å². The van der Waals surface area contributed by atoms with Gasteiger partial charge in [0.1, 0.15) is 0 Å². The van der Waals surface area contributed by atoms with Crippen LogP contribution in [-0.4, -0.2) is 35.9 Å². The first kappa shape index (κ1) is 13.5. The second-order valence-electron chi connectivity index (χ2n) is 5.00. The van der Waals surface area contributed by atoms with Gasteiger partial charge in [-0.1, -0.05) is 0 Å². The molecule has 2 heterocycles. The Bertz CT molecular complexity index is 437. The molecule has 1 fully saturated rings. The molecule has 2 atom stereocenters. The fourth-order valence-corrected chi connectivity index (χ4v) is 3.48. The van der Waals surface area contributed by atoms with Crippen LogP contribution < -0.4 is 5.32 Å². The smallest absolute Gasteiger partial charge is 0.227 e. The molecule has 5 heteroatoms. The number of nitrogens with zero attached hydrogens (tertiary/aromatic N) is 2. The molecular weight excluding hydrogens is 246 g/mol. The number of carbonyl (C=O) groups excluding carboxylic acids is 1. The molecule has 1 aromatic rings. The van der Waals surface area contributed by atoms with Crippen LogP contribution in [0.25, 0.3) is 0 Å². The molecule has 100 valence electrons. The van der Waals surface area contributed by atoms with Crippen molar-refractivity contribution in [3.63, 3.8) is 0 Å². The fourth-order valence-electron chi connectivity index (χ4n) is 2.45. The molecule has 0 radical (unpaired) electrons. The third-order valence-corrected chi connectivity index (χ3v) is 4.90. The maximum atomic E-state index is 12.3. The highest BCUT2D eigenvalue weighted by Crippen LogP contribution is 2.29. The minimum absolute atomic E-state index is 0.115. The van der Waals surface area contributed by atoms with Gasteiger partial charge in [-0.15, -0.1) is 11.3 Å². The van der Waals surface area contributed by atoms with Crippen molar-refractivity contribution in [2.75, 3.05) is 20.1 Å². The summed E-state index contributed by atoms with van der Waals surface area (Å²) < 4.78 is 0. The molecule has 1 aliphatic rings. The van der Waals surface area contributed by atoms with Crippen LogP contribution in [0, 0.1) is 19.8 Å². The minimum atomic E-state index is 0.115. The zero-order valence-electron chi connectivity index (χ0n) is 11.5. The molecule has 0 aliphatic carbocycles. The molecule has 1 aliphatic heterocycles. The molecule has 1 N–H and O–H groups in total. The third kappa shape index (κ3) is 2.57. The molecule has 2 rings (SSSR count). The van der Waals surface area contributed by atoms with Crippen molar-refractivity contribution in [1.82, 2.24) is 15.2 Å². The lowest BCUT2D eigenvalue weighted by Crippen LogP contribution is -2.35. The van der Waals surface area contributed by atoms with E-state index >= 15 is 0 Å². The summed E-state index contributed by atoms with van der Waals surface area (Å²) in [4.78, 5) is 19.9. The summed E-state index contributed by atoms with van der Waals surface area (Å²) >= 11 is 1.69. The first-order valence-electron chi connectivity index (χ1n) is 6.42. The summed E-state index contributed by atoms with van der Waals surface area (Å²) in [7, 11) is 1.90. The number of hydrogen-bond donors (Lipinski definition) is 1. The Labute approximate surface area is 112 Å². The van der Waals surface area contributed by atoms with E-state index in [0.29, 0.717) is 0 Å². The molecule has 0 bridgehead atoms. The Hall–Kier alpha value is -0.940. The lowest BCUT2D eigenvalue weighted by Gasteiger charge is -2.27. The van der Waals surface area contributed by atoms with Crippen molar-refractivity contribution >= 4 is 17.2 Å². The van der Waals surface area contributed by atoms with E-state index < -0.39 is 0 Å². The molecule has 1 amide bonds. The van der Waals surface area contributed by atoms with Gasteiger partial charge in [0.05, 0.1) is 22.7 Å². The summed E-state index contributed by atoms with van der Waals surface area (Å²) in [5.74, 6) is 0.393. The molecule has 0 spiro atoms. The largest absolute Gasteiger partial charge is 0.338 e. The first-order valence-corrected chi connectivity index (χ1v) is 7.23. The van der Waals surface area contributed by atoms with E-state index in [1.165, 1.54) is 4.88 Å². The summed E-state index contributed by atoms with van der Waals surface area (Å²) in [5.41, 5.74) is 1.05. The highest BCUT2D eigenvalue weighted by molar-refractivity contribution is 7.11. The highest BCUT2D eigenvalue weighted by Gasteiger charge is 2.29. The summed E-state index contributed by atoms with van der Waals surface area (Å²) in [6.07, 6.45) is 0.955. The second kappa shape index (κ2) is 5.36. The second-order valence-corrected chi connectivity index (χ2v) is 6.23. The number of aromatic nitrogens is 1. The summed E-state index contributed by atoms with van der Waals surface area (Å²) in [5, 5.41) is 4.31. The topological polar surface area (TPSA) is 45.2 Å². The van der Waals surface area contributed by atoms with Crippen molar-refractivity contribution in [2.24, 2.45) is 5.92 Å². The van der Waals surface area contributed by atoms with E-state index in [9.17, 15) is 4.79 Å². The average molecular weight is 267 g/mol. The Kier molecular flexibility index (Phi) is 4.02. The quantitative estimate of drug-likeness (QED) is 0.909. The first-order chi connectivity index (χ1) is 8.50. The monoisotopic (exact) mass is 267 g/mol. The van der Waals surface area contributed by atoms with E-state index in [2.05, 4.69) is 17.2 Å². The Balaban J connectivity index is 2.10. The van der Waals surface area contributed by atoms with Gasteiger partial charge in [0.2, 0.25) is 5.91 Å². The predicted octanol–water partition coefficient (Wildman–Crippen LogP) is 1.89. The van der Waals surface area contributed by atoms with Crippen molar-refractivity contribution in [1.29, 1.82) is 0 Å². The van der Waals surface area contributed by atoms with Crippen molar-refractivity contribution in [3.8, 4) is 0 Å². The van der Waals surface area contributed by atoms with Gasteiger partial charge < -0.3 is 10.2 Å². The van der Waals surface area contributed by atoms with Gasteiger partial charge in [0, 0.05) is 18.5 Å².